The Labute approximate surface area is 161 Å². The standard InChI is InChI=1S/C19H30NO6P/c1-18(2,3)25-16(21)15(20-17(22)26-19(4,5)6)13-24-27(7,23)14-11-9-8-10-12-14/h8-12,15H,13H2,1-7H3,(H,20,22)/t15-,27-/m0/s1. The molecule has 27 heavy (non-hydrogen) atoms. The van der Waals surface area contributed by atoms with Crippen LogP contribution in [0.1, 0.15) is 41.5 Å². The quantitative estimate of drug-likeness (QED) is 0.582. The number of amides is 1. The molecule has 2 atom stereocenters. The predicted molar refractivity (Wildman–Crippen MR) is 105 cm³/mol. The first kappa shape index (κ1) is 23.2. The molecule has 1 N–H and O–H groups in total. The van der Waals surface area contributed by atoms with Crippen LogP contribution in [0.3, 0.4) is 0 Å². The molecular formula is C19H30NO6P. The minimum atomic E-state index is -3.17. The molecule has 0 unspecified atom stereocenters. The maximum absolute atomic E-state index is 12.8. The van der Waals surface area contributed by atoms with Crippen LogP contribution in [0.25, 0.3) is 0 Å². The number of carbonyl (C=O) groups excluding carboxylic acids is 2. The molecule has 0 aliphatic rings. The number of carbonyl (C=O) groups is 2. The number of rotatable bonds is 6. The number of esters is 1. The van der Waals surface area contributed by atoms with E-state index in [0.717, 1.165) is 0 Å². The Balaban J connectivity index is 2.89. The SMILES string of the molecule is CC(C)(C)OC(=O)N[C@@H](CO[P@](C)(=O)c1ccccc1)C(=O)OC(C)(C)C. The number of hydrogen-bond donors (Lipinski definition) is 1. The van der Waals surface area contributed by atoms with Gasteiger partial charge in [0.1, 0.15) is 11.2 Å². The Kier molecular flexibility index (Phi) is 7.64. The van der Waals surface area contributed by atoms with Crippen LogP contribution >= 0.6 is 7.37 Å². The number of alkyl carbamates (subject to hydrolysis) is 1. The van der Waals surface area contributed by atoms with Gasteiger partial charge in [0.15, 0.2) is 6.04 Å². The molecule has 0 radical (unpaired) electrons. The summed E-state index contributed by atoms with van der Waals surface area (Å²) in [7, 11) is -3.17. The molecule has 0 saturated carbocycles. The summed E-state index contributed by atoms with van der Waals surface area (Å²) in [5, 5.41) is 2.96. The third-order valence-electron chi connectivity index (χ3n) is 3.10. The van der Waals surface area contributed by atoms with Gasteiger partial charge in [0.25, 0.3) is 0 Å². The molecule has 1 rings (SSSR count). The van der Waals surface area contributed by atoms with Crippen molar-refractivity contribution in [3.05, 3.63) is 30.3 Å². The lowest BCUT2D eigenvalue weighted by atomic mass is 10.2. The van der Waals surface area contributed by atoms with Crippen molar-refractivity contribution in [2.24, 2.45) is 0 Å². The summed E-state index contributed by atoms with van der Waals surface area (Å²) in [6.45, 7) is 11.4. The summed E-state index contributed by atoms with van der Waals surface area (Å²) in [4.78, 5) is 24.5. The highest BCUT2D eigenvalue weighted by Crippen LogP contribution is 2.41. The van der Waals surface area contributed by atoms with Crippen molar-refractivity contribution in [2.75, 3.05) is 13.3 Å². The van der Waals surface area contributed by atoms with Crippen LogP contribution in [0.15, 0.2) is 30.3 Å². The molecule has 0 aromatic heterocycles. The van der Waals surface area contributed by atoms with Gasteiger partial charge in [0.2, 0.25) is 7.37 Å². The van der Waals surface area contributed by atoms with Crippen molar-refractivity contribution in [2.45, 2.75) is 58.8 Å². The molecule has 0 saturated heterocycles. The van der Waals surface area contributed by atoms with E-state index in [2.05, 4.69) is 5.32 Å². The average Bonchev–Trinajstić information content (AvgIpc) is 2.48. The Hall–Kier alpha value is -1.85. The van der Waals surface area contributed by atoms with Crippen molar-refractivity contribution >= 4 is 24.7 Å². The lowest BCUT2D eigenvalue weighted by Gasteiger charge is -2.27. The minimum Gasteiger partial charge on any atom is -0.458 e. The average molecular weight is 399 g/mol. The second-order valence-electron chi connectivity index (χ2n) is 8.21. The topological polar surface area (TPSA) is 90.9 Å². The third kappa shape index (κ3) is 9.07. The number of ether oxygens (including phenoxy) is 2. The predicted octanol–water partition coefficient (Wildman–Crippen LogP) is 3.47. The van der Waals surface area contributed by atoms with Gasteiger partial charge < -0.3 is 19.3 Å². The lowest BCUT2D eigenvalue weighted by Crippen LogP contribution is -2.48. The highest BCUT2D eigenvalue weighted by atomic mass is 31.2. The van der Waals surface area contributed by atoms with E-state index < -0.39 is 36.7 Å². The van der Waals surface area contributed by atoms with Crippen molar-refractivity contribution in [3.63, 3.8) is 0 Å². The van der Waals surface area contributed by atoms with Gasteiger partial charge in [-0.3, -0.25) is 4.57 Å². The fourth-order valence-corrected chi connectivity index (χ4v) is 3.28. The van der Waals surface area contributed by atoms with Crippen LogP contribution in [-0.4, -0.2) is 42.6 Å². The van der Waals surface area contributed by atoms with Gasteiger partial charge in [-0.1, -0.05) is 18.2 Å². The summed E-state index contributed by atoms with van der Waals surface area (Å²) >= 11 is 0. The van der Waals surface area contributed by atoms with Crippen molar-refractivity contribution in [1.82, 2.24) is 5.32 Å². The molecule has 152 valence electrons. The zero-order valence-electron chi connectivity index (χ0n) is 17.1. The smallest absolute Gasteiger partial charge is 0.408 e. The molecule has 8 heteroatoms. The molecule has 1 aromatic carbocycles. The zero-order valence-corrected chi connectivity index (χ0v) is 18.0. The van der Waals surface area contributed by atoms with Gasteiger partial charge in [0, 0.05) is 12.0 Å². The van der Waals surface area contributed by atoms with Crippen LogP contribution in [0.2, 0.25) is 0 Å². The van der Waals surface area contributed by atoms with Gasteiger partial charge in [-0.15, -0.1) is 0 Å². The first-order valence-corrected chi connectivity index (χ1v) is 10.8. The molecule has 1 aromatic rings. The number of hydrogen-bond acceptors (Lipinski definition) is 6. The molecule has 7 nitrogen and oxygen atoms in total. The van der Waals surface area contributed by atoms with Gasteiger partial charge in [-0.25, -0.2) is 9.59 Å². The number of nitrogens with one attached hydrogen (secondary N) is 1. The van der Waals surface area contributed by atoms with Crippen molar-refractivity contribution < 1.29 is 28.2 Å². The lowest BCUT2D eigenvalue weighted by molar-refractivity contribution is -0.158. The Morgan fingerprint density at radius 2 is 1.52 bits per heavy atom. The van der Waals surface area contributed by atoms with E-state index in [9.17, 15) is 14.2 Å². The van der Waals surface area contributed by atoms with Crippen molar-refractivity contribution in [3.8, 4) is 0 Å². The van der Waals surface area contributed by atoms with Crippen LogP contribution in [0, 0.1) is 0 Å². The monoisotopic (exact) mass is 399 g/mol. The summed E-state index contributed by atoms with van der Waals surface area (Å²) in [5.41, 5.74) is -1.48. The second kappa shape index (κ2) is 8.89. The summed E-state index contributed by atoms with van der Waals surface area (Å²) in [6.07, 6.45) is -0.785. The van der Waals surface area contributed by atoms with Crippen LogP contribution < -0.4 is 10.6 Å². The molecule has 0 aliphatic heterocycles. The van der Waals surface area contributed by atoms with Crippen LogP contribution in [0.5, 0.6) is 0 Å². The Morgan fingerprint density at radius 3 is 2.00 bits per heavy atom. The highest BCUT2D eigenvalue weighted by Gasteiger charge is 2.31. The highest BCUT2D eigenvalue weighted by molar-refractivity contribution is 7.66. The van der Waals surface area contributed by atoms with E-state index in [1.165, 1.54) is 6.66 Å². The minimum absolute atomic E-state index is 0.309. The molecule has 0 bridgehead atoms. The van der Waals surface area contributed by atoms with E-state index in [4.69, 9.17) is 14.0 Å². The zero-order chi connectivity index (χ0) is 20.9. The van der Waals surface area contributed by atoms with Crippen LogP contribution in [0.4, 0.5) is 4.79 Å². The normalized spacial score (nSPS) is 15.4. The molecule has 0 spiro atoms. The summed E-state index contributed by atoms with van der Waals surface area (Å²) in [6, 6.07) is 7.51. The van der Waals surface area contributed by atoms with E-state index in [0.29, 0.717) is 5.30 Å². The van der Waals surface area contributed by atoms with Gasteiger partial charge in [0.05, 0.1) is 6.61 Å². The second-order valence-corrected chi connectivity index (χ2v) is 10.7. The molecule has 0 aliphatic carbocycles. The first-order chi connectivity index (χ1) is 12.2. The molecule has 0 fully saturated rings. The van der Waals surface area contributed by atoms with Gasteiger partial charge >= 0.3 is 12.1 Å². The fraction of sp³-hybridized carbons (Fsp3) is 0.579. The van der Waals surface area contributed by atoms with Gasteiger partial charge in [-0.2, -0.15) is 0 Å². The maximum atomic E-state index is 12.8. The Bertz CT molecular complexity index is 690. The summed E-state index contributed by atoms with van der Waals surface area (Å²) in [5.74, 6) is -0.693. The Morgan fingerprint density at radius 1 is 1.00 bits per heavy atom. The third-order valence-corrected chi connectivity index (χ3v) is 4.97. The van der Waals surface area contributed by atoms with E-state index in [1.807, 2.05) is 0 Å². The van der Waals surface area contributed by atoms with E-state index in [1.54, 1.807) is 71.9 Å². The van der Waals surface area contributed by atoms with Crippen LogP contribution in [-0.2, 0) is 23.4 Å². The molecule has 1 amide bonds. The largest absolute Gasteiger partial charge is 0.458 e. The van der Waals surface area contributed by atoms with E-state index in [-0.39, 0.29) is 6.61 Å². The summed E-state index contributed by atoms with van der Waals surface area (Å²) < 4.78 is 28.9. The molecule has 0 heterocycles. The van der Waals surface area contributed by atoms with Crippen molar-refractivity contribution in [1.29, 1.82) is 0 Å². The van der Waals surface area contributed by atoms with E-state index >= 15 is 0 Å². The maximum Gasteiger partial charge on any atom is 0.408 e. The van der Waals surface area contributed by atoms with Gasteiger partial charge in [-0.05, 0) is 53.7 Å². The molecular weight excluding hydrogens is 369 g/mol. The fourth-order valence-electron chi connectivity index (χ4n) is 1.98. The number of benzene rings is 1. The first-order valence-electron chi connectivity index (χ1n) is 8.70.